The summed E-state index contributed by atoms with van der Waals surface area (Å²) in [4.78, 5) is 14.2. The molecule has 2 aliphatic rings. The van der Waals surface area contributed by atoms with Crippen LogP contribution in [0.15, 0.2) is 22.7 Å². The Morgan fingerprint density at radius 2 is 1.95 bits per heavy atom. The van der Waals surface area contributed by atoms with E-state index in [9.17, 15) is 4.79 Å². The maximum Gasteiger partial charge on any atom is 0.137 e. The number of rotatable bonds is 2. The number of Topliss-reactive ketones (excluding diaryl/α,β-unsaturated/α-hetero) is 1. The van der Waals surface area contributed by atoms with Crippen LogP contribution in [0, 0.1) is 0 Å². The van der Waals surface area contributed by atoms with Gasteiger partial charge in [0.1, 0.15) is 11.5 Å². The second-order valence-electron chi connectivity index (χ2n) is 5.41. The molecule has 1 aromatic rings. The molecule has 2 unspecified atom stereocenters. The quantitative estimate of drug-likeness (QED) is 0.833. The van der Waals surface area contributed by atoms with Gasteiger partial charge in [0.05, 0.1) is 11.6 Å². The van der Waals surface area contributed by atoms with E-state index in [2.05, 4.69) is 33.0 Å². The van der Waals surface area contributed by atoms with Gasteiger partial charge in [-0.25, -0.2) is 0 Å². The highest BCUT2D eigenvalue weighted by molar-refractivity contribution is 9.10. The Balaban J connectivity index is 1.94. The van der Waals surface area contributed by atoms with Crippen LogP contribution < -0.4 is 9.64 Å². The maximum absolute atomic E-state index is 11.8. The van der Waals surface area contributed by atoms with Crippen molar-refractivity contribution in [2.75, 3.05) is 12.0 Å². The molecule has 2 saturated heterocycles. The Morgan fingerprint density at radius 3 is 2.58 bits per heavy atom. The minimum atomic E-state index is 0.380. The van der Waals surface area contributed by atoms with Crippen molar-refractivity contribution in [3.8, 4) is 5.75 Å². The van der Waals surface area contributed by atoms with Gasteiger partial charge in [-0.15, -0.1) is 0 Å². The third kappa shape index (κ3) is 2.38. The minimum absolute atomic E-state index is 0.380. The molecule has 0 radical (unpaired) electrons. The van der Waals surface area contributed by atoms with Crippen LogP contribution in [0.1, 0.15) is 32.1 Å². The molecule has 3 nitrogen and oxygen atoms in total. The van der Waals surface area contributed by atoms with Gasteiger partial charge in [-0.1, -0.05) is 0 Å². The van der Waals surface area contributed by atoms with Gasteiger partial charge in [0, 0.05) is 36.7 Å². The molecule has 102 valence electrons. The molecular weight excluding hydrogens is 306 g/mol. The topological polar surface area (TPSA) is 29.5 Å². The van der Waals surface area contributed by atoms with Crippen LogP contribution in [0.3, 0.4) is 0 Å². The molecule has 2 atom stereocenters. The number of anilines is 1. The summed E-state index contributed by atoms with van der Waals surface area (Å²) in [6.07, 6.45) is 4.90. The van der Waals surface area contributed by atoms with Crippen LogP contribution in [0.25, 0.3) is 0 Å². The van der Waals surface area contributed by atoms with E-state index in [0.29, 0.717) is 30.7 Å². The molecule has 3 rings (SSSR count). The van der Waals surface area contributed by atoms with Crippen LogP contribution in [-0.2, 0) is 4.79 Å². The SMILES string of the molecule is COc1cc(N2C3CCCC2CC(=O)C3)ccc1Br. The standard InChI is InChI=1S/C15H18BrNO2/c1-19-15-9-12(5-6-14(15)16)17-10-3-2-4-11(17)8-13(18)7-10/h5-6,9-11H,2-4,7-8H2,1H3. The van der Waals surface area contributed by atoms with Crippen LogP contribution in [0.5, 0.6) is 5.75 Å². The van der Waals surface area contributed by atoms with Crippen molar-refractivity contribution in [2.45, 2.75) is 44.2 Å². The lowest BCUT2D eigenvalue weighted by Crippen LogP contribution is -2.52. The van der Waals surface area contributed by atoms with Gasteiger partial charge >= 0.3 is 0 Å². The van der Waals surface area contributed by atoms with E-state index in [0.717, 1.165) is 23.1 Å². The van der Waals surface area contributed by atoms with Crippen molar-refractivity contribution >= 4 is 27.4 Å². The fourth-order valence-electron chi connectivity index (χ4n) is 3.41. The lowest BCUT2D eigenvalue weighted by atomic mass is 9.83. The van der Waals surface area contributed by atoms with Crippen LogP contribution in [0.4, 0.5) is 5.69 Å². The summed E-state index contributed by atoms with van der Waals surface area (Å²) in [7, 11) is 1.68. The van der Waals surface area contributed by atoms with E-state index in [1.54, 1.807) is 7.11 Å². The summed E-state index contributed by atoms with van der Waals surface area (Å²) in [5.74, 6) is 1.28. The molecule has 0 N–H and O–H groups in total. The van der Waals surface area contributed by atoms with E-state index < -0.39 is 0 Å². The number of fused-ring (bicyclic) bond motifs is 2. The highest BCUT2D eigenvalue weighted by Gasteiger charge is 2.37. The molecule has 2 bridgehead atoms. The van der Waals surface area contributed by atoms with Gasteiger partial charge in [0.25, 0.3) is 0 Å². The molecule has 0 amide bonds. The normalized spacial score (nSPS) is 26.4. The monoisotopic (exact) mass is 323 g/mol. The van der Waals surface area contributed by atoms with Crippen LogP contribution in [-0.4, -0.2) is 25.0 Å². The highest BCUT2D eigenvalue weighted by atomic mass is 79.9. The zero-order valence-electron chi connectivity index (χ0n) is 11.1. The first-order valence-electron chi connectivity index (χ1n) is 6.82. The van der Waals surface area contributed by atoms with Crippen molar-refractivity contribution in [1.82, 2.24) is 0 Å². The van der Waals surface area contributed by atoms with Gasteiger partial charge in [-0.3, -0.25) is 4.79 Å². The number of ketones is 1. The Morgan fingerprint density at radius 1 is 1.26 bits per heavy atom. The Hall–Kier alpha value is -1.03. The first-order chi connectivity index (χ1) is 9.19. The lowest BCUT2D eigenvalue weighted by molar-refractivity contribution is -0.121. The third-order valence-corrected chi connectivity index (χ3v) is 4.88. The third-order valence-electron chi connectivity index (χ3n) is 4.22. The number of ether oxygens (including phenoxy) is 1. The number of hydrogen-bond donors (Lipinski definition) is 0. The number of carbonyl (C=O) groups excluding carboxylic acids is 1. The zero-order valence-corrected chi connectivity index (χ0v) is 12.6. The number of halogens is 1. The van der Waals surface area contributed by atoms with Crippen LogP contribution >= 0.6 is 15.9 Å². The van der Waals surface area contributed by atoms with Gasteiger partial charge in [-0.2, -0.15) is 0 Å². The Kier molecular flexibility index (Phi) is 3.52. The average Bonchev–Trinajstić information content (AvgIpc) is 2.38. The molecule has 2 fully saturated rings. The Labute approximate surface area is 122 Å². The largest absolute Gasteiger partial charge is 0.495 e. The summed E-state index contributed by atoms with van der Waals surface area (Å²) in [6.45, 7) is 0. The van der Waals surface area contributed by atoms with Gasteiger partial charge in [0.15, 0.2) is 0 Å². The fourth-order valence-corrected chi connectivity index (χ4v) is 3.81. The van der Waals surface area contributed by atoms with Crippen molar-refractivity contribution in [3.05, 3.63) is 22.7 Å². The van der Waals surface area contributed by atoms with E-state index >= 15 is 0 Å². The number of piperidine rings is 2. The fraction of sp³-hybridized carbons (Fsp3) is 0.533. The molecule has 19 heavy (non-hydrogen) atoms. The predicted molar refractivity (Wildman–Crippen MR) is 78.8 cm³/mol. The second kappa shape index (κ2) is 5.16. The van der Waals surface area contributed by atoms with Gasteiger partial charge < -0.3 is 9.64 Å². The molecular formula is C15H18BrNO2. The smallest absolute Gasteiger partial charge is 0.137 e. The molecule has 1 aromatic carbocycles. The van der Waals surface area contributed by atoms with Gasteiger partial charge in [-0.05, 0) is 47.3 Å². The van der Waals surface area contributed by atoms with E-state index in [1.165, 1.54) is 12.1 Å². The number of carbonyl (C=O) groups is 1. The highest BCUT2D eigenvalue weighted by Crippen LogP contribution is 2.39. The molecule has 2 heterocycles. The first kappa shape index (κ1) is 13.0. The van der Waals surface area contributed by atoms with Gasteiger partial charge in [0.2, 0.25) is 0 Å². The van der Waals surface area contributed by atoms with E-state index in [1.807, 2.05) is 6.07 Å². The molecule has 0 saturated carbocycles. The van der Waals surface area contributed by atoms with Crippen molar-refractivity contribution in [2.24, 2.45) is 0 Å². The summed E-state index contributed by atoms with van der Waals surface area (Å²) < 4.78 is 6.35. The molecule has 4 heteroatoms. The minimum Gasteiger partial charge on any atom is -0.495 e. The molecule has 2 aliphatic heterocycles. The number of methoxy groups -OCH3 is 1. The van der Waals surface area contributed by atoms with Crippen molar-refractivity contribution < 1.29 is 9.53 Å². The second-order valence-corrected chi connectivity index (χ2v) is 6.27. The summed E-state index contributed by atoms with van der Waals surface area (Å²) >= 11 is 3.49. The summed E-state index contributed by atoms with van der Waals surface area (Å²) in [6, 6.07) is 6.98. The number of benzene rings is 1. The molecule has 0 spiro atoms. The summed E-state index contributed by atoms with van der Waals surface area (Å²) in [5, 5.41) is 0. The Bertz CT molecular complexity index is 487. The van der Waals surface area contributed by atoms with Crippen LogP contribution in [0.2, 0.25) is 0 Å². The van der Waals surface area contributed by atoms with Crippen molar-refractivity contribution in [1.29, 1.82) is 0 Å². The lowest BCUT2D eigenvalue weighted by Gasteiger charge is -2.47. The molecule has 0 aromatic heterocycles. The molecule has 0 aliphatic carbocycles. The number of hydrogen-bond acceptors (Lipinski definition) is 3. The van der Waals surface area contributed by atoms with E-state index in [-0.39, 0.29) is 0 Å². The number of nitrogens with zero attached hydrogens (tertiary/aromatic N) is 1. The zero-order chi connectivity index (χ0) is 13.4. The predicted octanol–water partition coefficient (Wildman–Crippen LogP) is 3.55. The first-order valence-corrected chi connectivity index (χ1v) is 7.62. The van der Waals surface area contributed by atoms with Crippen molar-refractivity contribution in [3.63, 3.8) is 0 Å². The maximum atomic E-state index is 11.8. The summed E-state index contributed by atoms with van der Waals surface area (Å²) in [5.41, 5.74) is 1.18. The van der Waals surface area contributed by atoms with E-state index in [4.69, 9.17) is 4.74 Å². The average molecular weight is 324 g/mol.